The maximum atomic E-state index is 13.9. The van der Waals surface area contributed by atoms with Gasteiger partial charge in [-0.2, -0.15) is 0 Å². The Morgan fingerprint density at radius 2 is 2.00 bits per heavy atom. The Morgan fingerprint density at radius 3 is 2.55 bits per heavy atom. The van der Waals surface area contributed by atoms with Gasteiger partial charge in [0.2, 0.25) is 0 Å². The number of hydrogen-bond donors (Lipinski definition) is 2. The second-order valence-corrected chi connectivity index (χ2v) is 4.35. The number of carbonyl (C=O) groups excluding carboxylic acids is 1. The van der Waals surface area contributed by atoms with Gasteiger partial charge in [-0.1, -0.05) is 0 Å². The van der Waals surface area contributed by atoms with E-state index in [0.717, 1.165) is 19.0 Å². The van der Waals surface area contributed by atoms with Crippen molar-refractivity contribution in [3.63, 3.8) is 0 Å². The Bertz CT molecular complexity index is 479. The summed E-state index contributed by atoms with van der Waals surface area (Å²) in [5.41, 5.74) is -0.0375. The zero-order valence-electron chi connectivity index (χ0n) is 11.4. The number of nitrogens with one attached hydrogen (secondary N) is 2. The third-order valence-electron chi connectivity index (χ3n) is 3.11. The van der Waals surface area contributed by atoms with Crippen LogP contribution in [-0.4, -0.2) is 39.3 Å². The lowest BCUT2D eigenvalue weighted by molar-refractivity contribution is 0.0935. The van der Waals surface area contributed by atoms with Crippen LogP contribution in [0.15, 0.2) is 12.1 Å². The highest BCUT2D eigenvalue weighted by Crippen LogP contribution is 2.29. The van der Waals surface area contributed by atoms with Crippen LogP contribution in [0, 0.1) is 5.82 Å². The molecule has 0 spiro atoms. The standard InChI is InChI=1S/C13H17FN2O3.ClH/c1-18-11-5-9(10(14)6-12(11)19-2)13(17)16-8-3-4-15-7-8;/h5-6,8,15H,3-4,7H2,1-2H3,(H,16,17);1H. The molecule has 1 fully saturated rings. The van der Waals surface area contributed by atoms with Crippen molar-refractivity contribution in [1.82, 2.24) is 10.6 Å². The van der Waals surface area contributed by atoms with E-state index in [1.165, 1.54) is 20.3 Å². The monoisotopic (exact) mass is 304 g/mol. The van der Waals surface area contributed by atoms with Crippen LogP contribution in [0.5, 0.6) is 11.5 Å². The second kappa shape index (κ2) is 7.31. The van der Waals surface area contributed by atoms with E-state index in [1.54, 1.807) is 0 Å². The Kier molecular flexibility index (Phi) is 6.04. The predicted octanol–water partition coefficient (Wildman–Crippen LogP) is 1.36. The lowest BCUT2D eigenvalue weighted by Crippen LogP contribution is -2.36. The van der Waals surface area contributed by atoms with E-state index in [-0.39, 0.29) is 29.8 Å². The molecule has 1 heterocycles. The Hall–Kier alpha value is -1.53. The van der Waals surface area contributed by atoms with Crippen LogP contribution in [0.4, 0.5) is 4.39 Å². The average Bonchev–Trinajstić information content (AvgIpc) is 2.90. The van der Waals surface area contributed by atoms with Gasteiger partial charge in [0.25, 0.3) is 5.91 Å². The van der Waals surface area contributed by atoms with Gasteiger partial charge in [0.05, 0.1) is 19.8 Å². The fourth-order valence-corrected chi connectivity index (χ4v) is 2.07. The average molecular weight is 305 g/mol. The van der Waals surface area contributed by atoms with Crippen molar-refractivity contribution in [3.05, 3.63) is 23.5 Å². The molecule has 0 bridgehead atoms. The molecule has 1 aromatic rings. The highest BCUT2D eigenvalue weighted by molar-refractivity contribution is 5.95. The fraction of sp³-hybridized carbons (Fsp3) is 0.462. The molecule has 2 N–H and O–H groups in total. The van der Waals surface area contributed by atoms with E-state index in [0.29, 0.717) is 12.3 Å². The van der Waals surface area contributed by atoms with E-state index in [1.807, 2.05) is 0 Å². The third-order valence-corrected chi connectivity index (χ3v) is 3.11. The number of methoxy groups -OCH3 is 2. The summed E-state index contributed by atoms with van der Waals surface area (Å²) in [7, 11) is 2.86. The number of benzene rings is 1. The van der Waals surface area contributed by atoms with Crippen molar-refractivity contribution in [3.8, 4) is 11.5 Å². The summed E-state index contributed by atoms with van der Waals surface area (Å²) in [4.78, 5) is 12.0. The molecule has 20 heavy (non-hydrogen) atoms. The van der Waals surface area contributed by atoms with Gasteiger partial charge in [-0.15, -0.1) is 12.4 Å². The van der Waals surface area contributed by atoms with E-state index >= 15 is 0 Å². The Balaban J connectivity index is 0.00000200. The van der Waals surface area contributed by atoms with Gasteiger partial charge in [-0.3, -0.25) is 4.79 Å². The summed E-state index contributed by atoms with van der Waals surface area (Å²) in [5.74, 6) is -0.467. The fourth-order valence-electron chi connectivity index (χ4n) is 2.07. The lowest BCUT2D eigenvalue weighted by atomic mass is 10.1. The second-order valence-electron chi connectivity index (χ2n) is 4.35. The van der Waals surface area contributed by atoms with Crippen molar-refractivity contribution < 1.29 is 18.7 Å². The van der Waals surface area contributed by atoms with Gasteiger partial charge >= 0.3 is 0 Å². The third kappa shape index (κ3) is 3.52. The van der Waals surface area contributed by atoms with Crippen LogP contribution in [0.3, 0.4) is 0 Å². The van der Waals surface area contributed by atoms with Gasteiger partial charge in [0.1, 0.15) is 5.82 Å². The van der Waals surface area contributed by atoms with Gasteiger partial charge in [0, 0.05) is 18.7 Å². The van der Waals surface area contributed by atoms with Crippen molar-refractivity contribution in [1.29, 1.82) is 0 Å². The summed E-state index contributed by atoms with van der Waals surface area (Å²) >= 11 is 0. The molecule has 7 heteroatoms. The normalized spacial score (nSPS) is 17.2. The van der Waals surface area contributed by atoms with Crippen LogP contribution in [0.25, 0.3) is 0 Å². The molecule has 0 radical (unpaired) electrons. The van der Waals surface area contributed by atoms with Gasteiger partial charge in [-0.25, -0.2) is 4.39 Å². The van der Waals surface area contributed by atoms with Gasteiger partial charge in [0.15, 0.2) is 11.5 Å². The first-order valence-electron chi connectivity index (χ1n) is 6.08. The van der Waals surface area contributed by atoms with E-state index < -0.39 is 11.7 Å². The molecular weight excluding hydrogens is 287 g/mol. The molecule has 0 aromatic heterocycles. The Labute approximate surface area is 123 Å². The van der Waals surface area contributed by atoms with Crippen molar-refractivity contribution in [2.24, 2.45) is 0 Å². The highest BCUT2D eigenvalue weighted by atomic mass is 35.5. The summed E-state index contributed by atoms with van der Waals surface area (Å²) in [6.45, 7) is 1.57. The predicted molar refractivity (Wildman–Crippen MR) is 75.5 cm³/mol. The number of rotatable bonds is 4. The number of amides is 1. The minimum atomic E-state index is -0.624. The first-order valence-corrected chi connectivity index (χ1v) is 6.08. The molecule has 5 nitrogen and oxygen atoms in total. The molecule has 0 aliphatic carbocycles. The van der Waals surface area contributed by atoms with E-state index in [4.69, 9.17) is 9.47 Å². The molecule has 1 atom stereocenters. The van der Waals surface area contributed by atoms with Gasteiger partial charge < -0.3 is 20.1 Å². The van der Waals surface area contributed by atoms with Crippen LogP contribution >= 0.6 is 12.4 Å². The number of carbonyl (C=O) groups is 1. The summed E-state index contributed by atoms with van der Waals surface area (Å²) < 4.78 is 23.9. The Morgan fingerprint density at radius 1 is 1.35 bits per heavy atom. The molecular formula is C13H18ClFN2O3. The minimum absolute atomic E-state index is 0. The van der Waals surface area contributed by atoms with Crippen molar-refractivity contribution in [2.75, 3.05) is 27.3 Å². The van der Waals surface area contributed by atoms with Crippen LogP contribution in [0.2, 0.25) is 0 Å². The maximum Gasteiger partial charge on any atom is 0.254 e. The molecule has 1 aliphatic rings. The topological polar surface area (TPSA) is 59.6 Å². The largest absolute Gasteiger partial charge is 0.493 e. The molecule has 0 saturated carbocycles. The van der Waals surface area contributed by atoms with Crippen molar-refractivity contribution in [2.45, 2.75) is 12.5 Å². The summed E-state index contributed by atoms with van der Waals surface area (Å²) in [6.07, 6.45) is 0.848. The van der Waals surface area contributed by atoms with Gasteiger partial charge in [-0.05, 0) is 19.0 Å². The summed E-state index contributed by atoms with van der Waals surface area (Å²) in [5, 5.41) is 5.92. The molecule has 1 amide bonds. The molecule has 1 saturated heterocycles. The molecule has 2 rings (SSSR count). The summed E-state index contributed by atoms with van der Waals surface area (Å²) in [6, 6.07) is 2.55. The molecule has 1 unspecified atom stereocenters. The number of halogens is 2. The molecule has 1 aromatic carbocycles. The minimum Gasteiger partial charge on any atom is -0.493 e. The highest BCUT2D eigenvalue weighted by Gasteiger charge is 2.21. The SMILES string of the molecule is COc1cc(F)c(C(=O)NC2CCNC2)cc1OC.Cl. The lowest BCUT2D eigenvalue weighted by Gasteiger charge is -2.14. The maximum absolute atomic E-state index is 13.9. The molecule has 112 valence electrons. The smallest absolute Gasteiger partial charge is 0.254 e. The zero-order valence-corrected chi connectivity index (χ0v) is 12.2. The quantitative estimate of drug-likeness (QED) is 0.882. The number of hydrogen-bond acceptors (Lipinski definition) is 4. The van der Waals surface area contributed by atoms with Crippen LogP contribution in [-0.2, 0) is 0 Å². The van der Waals surface area contributed by atoms with Crippen LogP contribution < -0.4 is 20.1 Å². The van der Waals surface area contributed by atoms with E-state index in [2.05, 4.69) is 10.6 Å². The van der Waals surface area contributed by atoms with E-state index in [9.17, 15) is 9.18 Å². The van der Waals surface area contributed by atoms with Crippen LogP contribution in [0.1, 0.15) is 16.8 Å². The first kappa shape index (κ1) is 16.5. The zero-order chi connectivity index (χ0) is 13.8. The first-order chi connectivity index (χ1) is 9.15. The number of ether oxygens (including phenoxy) is 2. The molecule has 1 aliphatic heterocycles. The van der Waals surface area contributed by atoms with Crippen molar-refractivity contribution >= 4 is 18.3 Å².